The van der Waals surface area contributed by atoms with Gasteiger partial charge in [-0.1, -0.05) is 0 Å². The maximum Gasteiger partial charge on any atom is 0.342 e. The summed E-state index contributed by atoms with van der Waals surface area (Å²) in [6, 6.07) is 1.70. The zero-order valence-electron chi connectivity index (χ0n) is 6.30. The SMILES string of the molecule is O=C(CCc1ccncn1)OO. The Morgan fingerprint density at radius 3 is 3.08 bits per heavy atom. The van der Waals surface area contributed by atoms with E-state index in [4.69, 9.17) is 5.26 Å². The molecule has 0 saturated carbocycles. The lowest BCUT2D eigenvalue weighted by atomic mass is 10.2. The number of carbonyl (C=O) groups is 1. The lowest BCUT2D eigenvalue weighted by Gasteiger charge is -1.96. The van der Waals surface area contributed by atoms with Crippen molar-refractivity contribution in [3.63, 3.8) is 0 Å². The third-order valence-corrected chi connectivity index (χ3v) is 1.33. The lowest BCUT2D eigenvalue weighted by molar-refractivity contribution is -0.234. The van der Waals surface area contributed by atoms with Crippen LogP contribution in [0.15, 0.2) is 18.6 Å². The zero-order valence-corrected chi connectivity index (χ0v) is 6.30. The molecular formula is C7H8N2O3. The van der Waals surface area contributed by atoms with Gasteiger partial charge in [-0.15, -0.1) is 0 Å². The molecule has 0 fully saturated rings. The van der Waals surface area contributed by atoms with Gasteiger partial charge in [0.05, 0.1) is 6.42 Å². The van der Waals surface area contributed by atoms with E-state index < -0.39 is 5.97 Å². The van der Waals surface area contributed by atoms with Crippen molar-refractivity contribution in [1.29, 1.82) is 0 Å². The molecule has 0 bridgehead atoms. The molecule has 1 aromatic heterocycles. The van der Waals surface area contributed by atoms with Crippen molar-refractivity contribution in [3.05, 3.63) is 24.3 Å². The Balaban J connectivity index is 2.38. The predicted octanol–water partition coefficient (Wildman–Crippen LogP) is 0.425. The van der Waals surface area contributed by atoms with Gasteiger partial charge in [0.15, 0.2) is 0 Å². The molecule has 0 spiro atoms. The third-order valence-electron chi connectivity index (χ3n) is 1.33. The average molecular weight is 168 g/mol. The first kappa shape index (κ1) is 8.61. The Kier molecular flexibility index (Phi) is 3.16. The number of aromatic nitrogens is 2. The van der Waals surface area contributed by atoms with Crippen molar-refractivity contribution in [1.82, 2.24) is 9.97 Å². The standard InChI is InChI=1S/C7H8N2O3/c10-7(12-11)2-1-6-3-4-8-5-9-6/h3-5,11H,1-2H2. The van der Waals surface area contributed by atoms with E-state index in [0.717, 1.165) is 5.69 Å². The molecule has 64 valence electrons. The fourth-order valence-corrected chi connectivity index (χ4v) is 0.742. The molecule has 0 aliphatic heterocycles. The second kappa shape index (κ2) is 4.40. The van der Waals surface area contributed by atoms with E-state index in [-0.39, 0.29) is 6.42 Å². The predicted molar refractivity (Wildman–Crippen MR) is 39.1 cm³/mol. The van der Waals surface area contributed by atoms with Crippen molar-refractivity contribution in [2.75, 3.05) is 0 Å². The van der Waals surface area contributed by atoms with Crippen LogP contribution in [0.4, 0.5) is 0 Å². The largest absolute Gasteiger partial charge is 0.342 e. The summed E-state index contributed by atoms with van der Waals surface area (Å²) in [7, 11) is 0. The van der Waals surface area contributed by atoms with Gasteiger partial charge in [0.25, 0.3) is 0 Å². The van der Waals surface area contributed by atoms with E-state index >= 15 is 0 Å². The minimum Gasteiger partial charge on any atom is -0.301 e. The molecule has 0 aliphatic rings. The summed E-state index contributed by atoms with van der Waals surface area (Å²) in [6.45, 7) is 0. The monoisotopic (exact) mass is 168 g/mol. The van der Waals surface area contributed by atoms with Crippen LogP contribution in [0.2, 0.25) is 0 Å². The van der Waals surface area contributed by atoms with E-state index in [0.29, 0.717) is 6.42 Å². The van der Waals surface area contributed by atoms with Crippen molar-refractivity contribution in [2.24, 2.45) is 0 Å². The molecule has 1 heterocycles. The molecular weight excluding hydrogens is 160 g/mol. The summed E-state index contributed by atoms with van der Waals surface area (Å²) in [5, 5.41) is 7.93. The van der Waals surface area contributed by atoms with Gasteiger partial charge in [0.1, 0.15) is 6.33 Å². The van der Waals surface area contributed by atoms with E-state index in [2.05, 4.69) is 14.9 Å². The van der Waals surface area contributed by atoms with E-state index in [1.54, 1.807) is 12.3 Å². The Hall–Kier alpha value is -1.49. The van der Waals surface area contributed by atoms with Crippen LogP contribution in [-0.2, 0) is 16.1 Å². The number of hydrogen-bond acceptors (Lipinski definition) is 5. The van der Waals surface area contributed by atoms with Crippen molar-refractivity contribution in [3.8, 4) is 0 Å². The number of nitrogens with zero attached hydrogens (tertiary/aromatic N) is 2. The smallest absolute Gasteiger partial charge is 0.301 e. The lowest BCUT2D eigenvalue weighted by Crippen LogP contribution is -2.03. The number of carbonyl (C=O) groups excluding carboxylic acids is 1. The van der Waals surface area contributed by atoms with Gasteiger partial charge >= 0.3 is 5.97 Å². The zero-order chi connectivity index (χ0) is 8.81. The summed E-state index contributed by atoms with van der Waals surface area (Å²) >= 11 is 0. The number of aryl methyl sites for hydroxylation is 1. The van der Waals surface area contributed by atoms with Crippen LogP contribution in [0.5, 0.6) is 0 Å². The Morgan fingerprint density at radius 2 is 2.50 bits per heavy atom. The minimum atomic E-state index is -0.659. The van der Waals surface area contributed by atoms with Crippen LogP contribution in [0, 0.1) is 0 Å². The first-order valence-corrected chi connectivity index (χ1v) is 3.42. The van der Waals surface area contributed by atoms with Crippen LogP contribution in [0.3, 0.4) is 0 Å². The summed E-state index contributed by atoms with van der Waals surface area (Å²) in [5.41, 5.74) is 0.746. The second-order valence-electron chi connectivity index (χ2n) is 2.16. The molecule has 12 heavy (non-hydrogen) atoms. The molecule has 5 heteroatoms. The van der Waals surface area contributed by atoms with Crippen molar-refractivity contribution in [2.45, 2.75) is 12.8 Å². The van der Waals surface area contributed by atoms with E-state index in [9.17, 15) is 4.79 Å². The van der Waals surface area contributed by atoms with Crippen molar-refractivity contribution < 1.29 is 14.9 Å². The van der Waals surface area contributed by atoms with Gasteiger partial charge in [-0.05, 0) is 6.07 Å². The fraction of sp³-hybridized carbons (Fsp3) is 0.286. The molecule has 0 amide bonds. The maximum absolute atomic E-state index is 10.5. The Bertz CT molecular complexity index is 250. The summed E-state index contributed by atoms with van der Waals surface area (Å²) < 4.78 is 0. The highest BCUT2D eigenvalue weighted by Gasteiger charge is 2.02. The van der Waals surface area contributed by atoms with Gasteiger partial charge < -0.3 is 4.89 Å². The molecule has 1 aromatic rings. The van der Waals surface area contributed by atoms with Gasteiger partial charge in [0.2, 0.25) is 0 Å². The fourth-order valence-electron chi connectivity index (χ4n) is 0.742. The van der Waals surface area contributed by atoms with Gasteiger partial charge in [-0.3, -0.25) is 0 Å². The summed E-state index contributed by atoms with van der Waals surface area (Å²) in [4.78, 5) is 21.6. The van der Waals surface area contributed by atoms with E-state index in [1.807, 2.05) is 0 Å². The minimum absolute atomic E-state index is 0.119. The van der Waals surface area contributed by atoms with E-state index in [1.165, 1.54) is 6.33 Å². The van der Waals surface area contributed by atoms with Crippen LogP contribution < -0.4 is 0 Å². The number of rotatable bonds is 3. The first-order chi connectivity index (χ1) is 5.83. The summed E-state index contributed by atoms with van der Waals surface area (Å²) in [5.74, 6) is -0.659. The molecule has 1 N–H and O–H groups in total. The molecule has 0 saturated heterocycles. The Labute approximate surface area is 69.0 Å². The second-order valence-corrected chi connectivity index (χ2v) is 2.16. The Morgan fingerprint density at radius 1 is 1.67 bits per heavy atom. The van der Waals surface area contributed by atoms with Crippen LogP contribution in [0.1, 0.15) is 12.1 Å². The third kappa shape index (κ3) is 2.63. The molecule has 0 aromatic carbocycles. The summed E-state index contributed by atoms with van der Waals surface area (Å²) in [6.07, 6.45) is 3.56. The first-order valence-electron chi connectivity index (χ1n) is 3.42. The van der Waals surface area contributed by atoms with Crippen LogP contribution in [0.25, 0.3) is 0 Å². The van der Waals surface area contributed by atoms with Crippen LogP contribution >= 0.6 is 0 Å². The van der Waals surface area contributed by atoms with Gasteiger partial charge in [0, 0.05) is 18.3 Å². The highest BCUT2D eigenvalue weighted by molar-refractivity contribution is 5.68. The normalized spacial score (nSPS) is 9.42. The van der Waals surface area contributed by atoms with Crippen LogP contribution in [-0.4, -0.2) is 21.2 Å². The molecule has 0 unspecified atom stereocenters. The van der Waals surface area contributed by atoms with Gasteiger partial charge in [-0.25, -0.2) is 14.8 Å². The van der Waals surface area contributed by atoms with Gasteiger partial charge in [-0.2, -0.15) is 5.26 Å². The molecule has 0 radical (unpaired) electrons. The molecule has 1 rings (SSSR count). The van der Waals surface area contributed by atoms with Crippen molar-refractivity contribution >= 4 is 5.97 Å². The molecule has 5 nitrogen and oxygen atoms in total. The molecule has 0 aliphatic carbocycles. The number of hydrogen-bond donors (Lipinski definition) is 1. The highest BCUT2D eigenvalue weighted by atomic mass is 17.1. The maximum atomic E-state index is 10.5. The average Bonchev–Trinajstić information content (AvgIpc) is 2.16. The quantitative estimate of drug-likeness (QED) is 0.523. The molecule has 0 atom stereocenters. The topological polar surface area (TPSA) is 72.3 Å². The highest BCUT2D eigenvalue weighted by Crippen LogP contribution is 1.97.